The Kier molecular flexibility index (Phi) is 4.26. The Bertz CT molecular complexity index is 346. The van der Waals surface area contributed by atoms with Gasteiger partial charge in [-0.05, 0) is 24.5 Å². The van der Waals surface area contributed by atoms with Crippen LogP contribution in [0.3, 0.4) is 0 Å². The van der Waals surface area contributed by atoms with Crippen molar-refractivity contribution in [3.05, 3.63) is 24.3 Å². The number of hydrogen-bond donors (Lipinski definition) is 1. The first-order valence-electron chi connectivity index (χ1n) is 6.31. The Labute approximate surface area is 103 Å². The van der Waals surface area contributed by atoms with E-state index in [0.717, 1.165) is 37.7 Å². The summed E-state index contributed by atoms with van der Waals surface area (Å²) in [5.41, 5.74) is 1.11. The molecule has 94 valence electrons. The van der Waals surface area contributed by atoms with Crippen molar-refractivity contribution in [2.45, 2.75) is 26.3 Å². The molecule has 1 aliphatic rings. The topological polar surface area (TPSA) is 30.5 Å². The number of hydrogen-bond acceptors (Lipinski definition) is 3. The molecule has 1 unspecified atom stereocenters. The van der Waals surface area contributed by atoms with Crippen LogP contribution in [-0.4, -0.2) is 25.9 Å². The van der Waals surface area contributed by atoms with E-state index in [1.165, 1.54) is 0 Å². The lowest BCUT2D eigenvalue weighted by molar-refractivity contribution is 0.195. The van der Waals surface area contributed by atoms with Crippen molar-refractivity contribution in [1.82, 2.24) is 0 Å². The summed E-state index contributed by atoms with van der Waals surface area (Å²) in [5, 5.41) is 3.46. The van der Waals surface area contributed by atoms with Crippen LogP contribution in [0.2, 0.25) is 0 Å². The van der Waals surface area contributed by atoms with Gasteiger partial charge in [0, 0.05) is 18.4 Å². The molecule has 0 aliphatic carbocycles. The van der Waals surface area contributed by atoms with Gasteiger partial charge in [-0.3, -0.25) is 0 Å². The van der Waals surface area contributed by atoms with Gasteiger partial charge in [0.15, 0.2) is 0 Å². The second-order valence-corrected chi connectivity index (χ2v) is 4.94. The van der Waals surface area contributed by atoms with Gasteiger partial charge in [-0.25, -0.2) is 0 Å². The van der Waals surface area contributed by atoms with Crippen LogP contribution < -0.4 is 10.1 Å². The number of rotatable bonds is 5. The zero-order valence-electron chi connectivity index (χ0n) is 10.6. The van der Waals surface area contributed by atoms with Gasteiger partial charge in [-0.2, -0.15) is 0 Å². The van der Waals surface area contributed by atoms with E-state index < -0.39 is 0 Å². The zero-order chi connectivity index (χ0) is 12.1. The number of nitrogens with one attached hydrogen (secondary N) is 1. The molecule has 3 nitrogen and oxygen atoms in total. The van der Waals surface area contributed by atoms with Crippen LogP contribution in [0.5, 0.6) is 5.75 Å². The minimum atomic E-state index is 0.440. The molecule has 1 aromatic rings. The highest BCUT2D eigenvalue weighted by molar-refractivity contribution is 5.49. The van der Waals surface area contributed by atoms with Gasteiger partial charge in [0.1, 0.15) is 5.75 Å². The van der Waals surface area contributed by atoms with E-state index in [9.17, 15) is 0 Å². The first-order chi connectivity index (χ1) is 8.24. The Morgan fingerprint density at radius 2 is 2.35 bits per heavy atom. The Morgan fingerprint density at radius 3 is 3.06 bits per heavy atom. The summed E-state index contributed by atoms with van der Waals surface area (Å²) in [4.78, 5) is 0. The minimum Gasteiger partial charge on any atom is -0.493 e. The van der Waals surface area contributed by atoms with Crippen molar-refractivity contribution in [2.75, 3.05) is 25.1 Å². The number of ether oxygens (including phenoxy) is 2. The smallest absolute Gasteiger partial charge is 0.121 e. The molecule has 1 fully saturated rings. The first kappa shape index (κ1) is 12.2. The number of benzene rings is 1. The van der Waals surface area contributed by atoms with Crippen molar-refractivity contribution in [2.24, 2.45) is 5.92 Å². The van der Waals surface area contributed by atoms with Gasteiger partial charge in [0.25, 0.3) is 0 Å². The SMILES string of the molecule is CC(C)COc1cccc(NC2CCOC2)c1. The maximum atomic E-state index is 5.70. The van der Waals surface area contributed by atoms with E-state index in [0.29, 0.717) is 12.0 Å². The average Bonchev–Trinajstić information content (AvgIpc) is 2.80. The van der Waals surface area contributed by atoms with Crippen LogP contribution >= 0.6 is 0 Å². The summed E-state index contributed by atoms with van der Waals surface area (Å²) in [6.45, 7) is 6.73. The lowest BCUT2D eigenvalue weighted by Gasteiger charge is -2.14. The molecule has 2 rings (SSSR count). The lowest BCUT2D eigenvalue weighted by atomic mass is 10.2. The highest BCUT2D eigenvalue weighted by atomic mass is 16.5. The van der Waals surface area contributed by atoms with E-state index >= 15 is 0 Å². The predicted octanol–water partition coefficient (Wildman–Crippen LogP) is 2.92. The largest absolute Gasteiger partial charge is 0.493 e. The zero-order valence-corrected chi connectivity index (χ0v) is 10.6. The molecule has 1 saturated heterocycles. The summed E-state index contributed by atoms with van der Waals surface area (Å²) in [6, 6.07) is 8.59. The summed E-state index contributed by atoms with van der Waals surface area (Å²) in [5.74, 6) is 1.48. The van der Waals surface area contributed by atoms with Gasteiger partial charge in [0.05, 0.1) is 19.3 Å². The third kappa shape index (κ3) is 3.93. The molecule has 0 bridgehead atoms. The molecular weight excluding hydrogens is 214 g/mol. The van der Waals surface area contributed by atoms with Crippen LogP contribution in [-0.2, 0) is 4.74 Å². The molecule has 3 heteroatoms. The van der Waals surface area contributed by atoms with Crippen molar-refractivity contribution in [3.8, 4) is 5.75 Å². The van der Waals surface area contributed by atoms with Crippen molar-refractivity contribution < 1.29 is 9.47 Å². The standard InChI is InChI=1S/C14H21NO2/c1-11(2)9-17-14-5-3-4-12(8-14)15-13-6-7-16-10-13/h3-5,8,11,13,15H,6-7,9-10H2,1-2H3. The monoisotopic (exact) mass is 235 g/mol. The maximum absolute atomic E-state index is 5.70. The quantitative estimate of drug-likeness (QED) is 0.851. The number of anilines is 1. The fraction of sp³-hybridized carbons (Fsp3) is 0.571. The lowest BCUT2D eigenvalue weighted by Crippen LogP contribution is -2.18. The van der Waals surface area contributed by atoms with Gasteiger partial charge in [-0.15, -0.1) is 0 Å². The second-order valence-electron chi connectivity index (χ2n) is 4.94. The molecule has 0 aromatic heterocycles. The first-order valence-corrected chi connectivity index (χ1v) is 6.31. The van der Waals surface area contributed by atoms with Crippen LogP contribution in [0.15, 0.2) is 24.3 Å². The van der Waals surface area contributed by atoms with E-state index in [2.05, 4.69) is 31.3 Å². The van der Waals surface area contributed by atoms with Gasteiger partial charge >= 0.3 is 0 Å². The Hall–Kier alpha value is -1.22. The van der Waals surface area contributed by atoms with Crippen molar-refractivity contribution in [3.63, 3.8) is 0 Å². The second kappa shape index (κ2) is 5.92. The third-order valence-electron chi connectivity index (χ3n) is 2.72. The third-order valence-corrected chi connectivity index (χ3v) is 2.72. The molecule has 0 spiro atoms. The summed E-state index contributed by atoms with van der Waals surface area (Å²) >= 11 is 0. The fourth-order valence-electron chi connectivity index (χ4n) is 1.82. The molecule has 1 aliphatic heterocycles. The van der Waals surface area contributed by atoms with Crippen LogP contribution in [0.25, 0.3) is 0 Å². The molecular formula is C14H21NO2. The molecule has 1 heterocycles. The Balaban J connectivity index is 1.91. The molecule has 0 saturated carbocycles. The van der Waals surface area contributed by atoms with E-state index in [1.54, 1.807) is 0 Å². The molecule has 0 amide bonds. The highest BCUT2D eigenvalue weighted by Gasteiger charge is 2.14. The van der Waals surface area contributed by atoms with Gasteiger partial charge in [0.2, 0.25) is 0 Å². The molecule has 1 atom stereocenters. The average molecular weight is 235 g/mol. The maximum Gasteiger partial charge on any atom is 0.121 e. The van der Waals surface area contributed by atoms with Crippen molar-refractivity contribution >= 4 is 5.69 Å². The van der Waals surface area contributed by atoms with Gasteiger partial charge < -0.3 is 14.8 Å². The van der Waals surface area contributed by atoms with Crippen molar-refractivity contribution in [1.29, 1.82) is 0 Å². The van der Waals surface area contributed by atoms with Crippen LogP contribution in [0, 0.1) is 5.92 Å². The van der Waals surface area contributed by atoms with E-state index in [4.69, 9.17) is 9.47 Å². The van der Waals surface area contributed by atoms with Gasteiger partial charge in [-0.1, -0.05) is 19.9 Å². The Morgan fingerprint density at radius 1 is 1.47 bits per heavy atom. The molecule has 0 radical (unpaired) electrons. The molecule has 1 aromatic carbocycles. The van der Waals surface area contributed by atoms with E-state index in [1.807, 2.05) is 12.1 Å². The highest BCUT2D eigenvalue weighted by Crippen LogP contribution is 2.20. The summed E-state index contributed by atoms with van der Waals surface area (Å²) in [7, 11) is 0. The predicted molar refractivity (Wildman–Crippen MR) is 69.6 cm³/mol. The van der Waals surface area contributed by atoms with Crippen LogP contribution in [0.4, 0.5) is 5.69 Å². The normalized spacial score (nSPS) is 19.6. The van der Waals surface area contributed by atoms with E-state index in [-0.39, 0.29) is 0 Å². The van der Waals surface area contributed by atoms with Crippen LogP contribution in [0.1, 0.15) is 20.3 Å². The summed E-state index contributed by atoms with van der Waals surface area (Å²) < 4.78 is 11.0. The molecule has 17 heavy (non-hydrogen) atoms. The molecule has 1 N–H and O–H groups in total. The fourth-order valence-corrected chi connectivity index (χ4v) is 1.82. The minimum absolute atomic E-state index is 0.440. The summed E-state index contributed by atoms with van der Waals surface area (Å²) in [6.07, 6.45) is 1.08.